The van der Waals surface area contributed by atoms with Crippen LogP contribution in [0.3, 0.4) is 0 Å². The number of hydrogen-bond acceptors (Lipinski definition) is 2. The topological polar surface area (TPSA) is 40.5 Å². The van der Waals surface area contributed by atoms with Gasteiger partial charge in [0.1, 0.15) is 0 Å². The van der Waals surface area contributed by atoms with Gasteiger partial charge in [-0.3, -0.25) is 4.79 Å². The SMILES string of the molecule is CC(O)[C@H]1CCN(Cc2ccccc2)C1=O. The molecule has 86 valence electrons. The van der Waals surface area contributed by atoms with Gasteiger partial charge in [-0.25, -0.2) is 0 Å². The highest BCUT2D eigenvalue weighted by Crippen LogP contribution is 2.22. The van der Waals surface area contributed by atoms with E-state index < -0.39 is 6.10 Å². The number of rotatable bonds is 3. The summed E-state index contributed by atoms with van der Waals surface area (Å²) in [5.74, 6) is -0.123. The van der Waals surface area contributed by atoms with E-state index >= 15 is 0 Å². The molecule has 1 unspecified atom stereocenters. The van der Waals surface area contributed by atoms with E-state index in [9.17, 15) is 9.90 Å². The number of nitrogens with zero attached hydrogens (tertiary/aromatic N) is 1. The molecule has 0 radical (unpaired) electrons. The fourth-order valence-electron chi connectivity index (χ4n) is 2.17. The third-order valence-electron chi connectivity index (χ3n) is 3.14. The lowest BCUT2D eigenvalue weighted by Crippen LogP contribution is -2.30. The number of carbonyl (C=O) groups excluding carboxylic acids is 1. The molecule has 0 aliphatic carbocycles. The van der Waals surface area contributed by atoms with Gasteiger partial charge in [-0.2, -0.15) is 0 Å². The molecule has 1 saturated heterocycles. The molecular formula is C13H17NO2. The van der Waals surface area contributed by atoms with Crippen LogP contribution in [0.4, 0.5) is 0 Å². The molecule has 1 aromatic rings. The lowest BCUT2D eigenvalue weighted by Gasteiger charge is -2.17. The molecule has 0 aromatic heterocycles. The van der Waals surface area contributed by atoms with Gasteiger partial charge in [-0.05, 0) is 18.9 Å². The molecule has 1 aromatic carbocycles. The molecule has 1 heterocycles. The maximum absolute atomic E-state index is 11.9. The normalized spacial score (nSPS) is 22.5. The van der Waals surface area contributed by atoms with Crippen LogP contribution in [0.15, 0.2) is 30.3 Å². The van der Waals surface area contributed by atoms with E-state index in [0.717, 1.165) is 18.5 Å². The lowest BCUT2D eigenvalue weighted by atomic mass is 10.0. The van der Waals surface area contributed by atoms with Crippen molar-refractivity contribution in [2.75, 3.05) is 6.54 Å². The minimum Gasteiger partial charge on any atom is -0.393 e. The van der Waals surface area contributed by atoms with Crippen molar-refractivity contribution in [2.45, 2.75) is 26.0 Å². The van der Waals surface area contributed by atoms with Gasteiger partial charge in [0.2, 0.25) is 5.91 Å². The molecule has 1 aliphatic heterocycles. The average Bonchev–Trinajstić information content (AvgIpc) is 2.62. The number of amides is 1. The Morgan fingerprint density at radius 1 is 1.44 bits per heavy atom. The summed E-state index contributed by atoms with van der Waals surface area (Å²) in [6.45, 7) is 3.10. The fourth-order valence-corrected chi connectivity index (χ4v) is 2.17. The van der Waals surface area contributed by atoms with E-state index in [4.69, 9.17) is 0 Å². The Morgan fingerprint density at radius 3 is 2.69 bits per heavy atom. The van der Waals surface area contributed by atoms with Gasteiger partial charge in [-0.15, -0.1) is 0 Å². The Kier molecular flexibility index (Phi) is 3.25. The maximum Gasteiger partial charge on any atom is 0.228 e. The largest absolute Gasteiger partial charge is 0.393 e. The monoisotopic (exact) mass is 219 g/mol. The molecule has 1 fully saturated rings. The second-order valence-electron chi connectivity index (χ2n) is 4.38. The van der Waals surface area contributed by atoms with Gasteiger partial charge in [0, 0.05) is 13.1 Å². The Bertz CT molecular complexity index is 361. The Hall–Kier alpha value is -1.35. The van der Waals surface area contributed by atoms with Crippen molar-refractivity contribution in [1.29, 1.82) is 0 Å². The van der Waals surface area contributed by atoms with E-state index in [0.29, 0.717) is 6.54 Å². The molecule has 3 heteroatoms. The standard InChI is InChI=1S/C13H17NO2/c1-10(15)12-7-8-14(13(12)16)9-11-5-3-2-4-6-11/h2-6,10,12,15H,7-9H2,1H3/t10?,12-/m1/s1. The first-order valence-electron chi connectivity index (χ1n) is 5.69. The minimum atomic E-state index is -0.534. The molecule has 2 atom stereocenters. The predicted octanol–water partition coefficient (Wildman–Crippen LogP) is 1.42. The summed E-state index contributed by atoms with van der Waals surface area (Å²) in [5, 5.41) is 9.46. The highest BCUT2D eigenvalue weighted by Gasteiger charge is 2.34. The summed E-state index contributed by atoms with van der Waals surface area (Å²) >= 11 is 0. The summed E-state index contributed by atoms with van der Waals surface area (Å²) in [4.78, 5) is 13.7. The summed E-state index contributed by atoms with van der Waals surface area (Å²) in [5.41, 5.74) is 1.14. The van der Waals surface area contributed by atoms with E-state index in [1.165, 1.54) is 0 Å². The Labute approximate surface area is 95.7 Å². The van der Waals surface area contributed by atoms with Gasteiger partial charge in [0.05, 0.1) is 12.0 Å². The molecule has 0 saturated carbocycles. The van der Waals surface area contributed by atoms with Crippen LogP contribution >= 0.6 is 0 Å². The van der Waals surface area contributed by atoms with E-state index in [1.54, 1.807) is 6.92 Å². The Morgan fingerprint density at radius 2 is 2.12 bits per heavy atom. The molecule has 0 spiro atoms. The van der Waals surface area contributed by atoms with Gasteiger partial charge in [-0.1, -0.05) is 30.3 Å². The number of likely N-dealkylation sites (tertiary alicyclic amines) is 1. The molecule has 1 N–H and O–H groups in total. The number of carbonyl (C=O) groups is 1. The van der Waals surface area contributed by atoms with Crippen LogP contribution in [-0.4, -0.2) is 28.6 Å². The van der Waals surface area contributed by atoms with Crippen molar-refractivity contribution >= 4 is 5.91 Å². The molecule has 3 nitrogen and oxygen atoms in total. The number of aliphatic hydroxyl groups is 1. The van der Waals surface area contributed by atoms with Crippen molar-refractivity contribution in [1.82, 2.24) is 4.90 Å². The van der Waals surface area contributed by atoms with Crippen LogP contribution < -0.4 is 0 Å². The van der Waals surface area contributed by atoms with E-state index in [1.807, 2.05) is 35.2 Å². The van der Waals surface area contributed by atoms with Gasteiger partial charge < -0.3 is 10.0 Å². The highest BCUT2D eigenvalue weighted by atomic mass is 16.3. The first-order chi connectivity index (χ1) is 7.68. The quantitative estimate of drug-likeness (QED) is 0.835. The predicted molar refractivity (Wildman–Crippen MR) is 61.6 cm³/mol. The smallest absolute Gasteiger partial charge is 0.228 e. The maximum atomic E-state index is 11.9. The second-order valence-corrected chi connectivity index (χ2v) is 4.38. The zero-order valence-corrected chi connectivity index (χ0v) is 9.47. The lowest BCUT2D eigenvalue weighted by molar-refractivity contribution is -0.134. The molecule has 16 heavy (non-hydrogen) atoms. The number of hydrogen-bond donors (Lipinski definition) is 1. The number of aliphatic hydroxyl groups excluding tert-OH is 1. The molecular weight excluding hydrogens is 202 g/mol. The number of benzene rings is 1. The van der Waals surface area contributed by atoms with Crippen LogP contribution in [0, 0.1) is 5.92 Å². The highest BCUT2D eigenvalue weighted by molar-refractivity contribution is 5.81. The summed E-state index contributed by atoms with van der Waals surface area (Å²) < 4.78 is 0. The molecule has 2 rings (SSSR count). The van der Waals surface area contributed by atoms with Crippen LogP contribution in [0.2, 0.25) is 0 Å². The Balaban J connectivity index is 2.01. The zero-order valence-electron chi connectivity index (χ0n) is 9.47. The van der Waals surface area contributed by atoms with E-state index in [2.05, 4.69) is 0 Å². The van der Waals surface area contributed by atoms with Crippen LogP contribution in [0.5, 0.6) is 0 Å². The van der Waals surface area contributed by atoms with Gasteiger partial charge in [0.25, 0.3) is 0 Å². The minimum absolute atomic E-state index is 0.0823. The zero-order chi connectivity index (χ0) is 11.5. The van der Waals surface area contributed by atoms with Gasteiger partial charge >= 0.3 is 0 Å². The first kappa shape index (κ1) is 11.1. The van der Waals surface area contributed by atoms with Crippen molar-refractivity contribution in [3.8, 4) is 0 Å². The summed E-state index contributed by atoms with van der Waals surface area (Å²) in [6, 6.07) is 9.95. The van der Waals surface area contributed by atoms with Crippen molar-refractivity contribution < 1.29 is 9.90 Å². The second kappa shape index (κ2) is 4.66. The third-order valence-corrected chi connectivity index (χ3v) is 3.14. The average molecular weight is 219 g/mol. The van der Waals surface area contributed by atoms with E-state index in [-0.39, 0.29) is 11.8 Å². The van der Waals surface area contributed by atoms with Crippen molar-refractivity contribution in [3.63, 3.8) is 0 Å². The summed E-state index contributed by atoms with van der Waals surface area (Å²) in [7, 11) is 0. The van der Waals surface area contributed by atoms with Crippen LogP contribution in [0.25, 0.3) is 0 Å². The van der Waals surface area contributed by atoms with Crippen molar-refractivity contribution in [3.05, 3.63) is 35.9 Å². The molecule has 0 bridgehead atoms. The molecule has 1 aliphatic rings. The fraction of sp³-hybridized carbons (Fsp3) is 0.462. The van der Waals surface area contributed by atoms with Gasteiger partial charge in [0.15, 0.2) is 0 Å². The van der Waals surface area contributed by atoms with Crippen molar-refractivity contribution in [2.24, 2.45) is 5.92 Å². The van der Waals surface area contributed by atoms with Crippen LogP contribution in [-0.2, 0) is 11.3 Å². The molecule has 1 amide bonds. The summed E-state index contributed by atoms with van der Waals surface area (Å²) in [6.07, 6.45) is 0.233. The van der Waals surface area contributed by atoms with Crippen LogP contribution in [0.1, 0.15) is 18.9 Å². The first-order valence-corrected chi connectivity index (χ1v) is 5.69. The third kappa shape index (κ3) is 2.25.